The number of hydrogen-bond acceptors (Lipinski definition) is 5. The second kappa shape index (κ2) is 6.81. The van der Waals surface area contributed by atoms with E-state index in [-0.39, 0.29) is 11.6 Å². The molecule has 1 fully saturated rings. The minimum atomic E-state index is -0.478. The smallest absolute Gasteiger partial charge is 0.332 e. The summed E-state index contributed by atoms with van der Waals surface area (Å²) >= 11 is 3.16. The first kappa shape index (κ1) is 14.2. The van der Waals surface area contributed by atoms with Crippen LogP contribution in [0.5, 0.6) is 5.88 Å². The Kier molecular flexibility index (Phi) is 5.09. The maximum absolute atomic E-state index is 10.9. The summed E-state index contributed by atoms with van der Waals surface area (Å²) < 4.78 is 6.01. The topological polar surface area (TPSA) is 68.5 Å². The molecule has 0 atom stereocenters. The Morgan fingerprint density at radius 3 is 2.84 bits per heavy atom. The van der Waals surface area contributed by atoms with Crippen LogP contribution in [0.2, 0.25) is 0 Å². The maximum atomic E-state index is 10.9. The van der Waals surface area contributed by atoms with Gasteiger partial charge in [0.25, 0.3) is 5.88 Å². The highest BCUT2D eigenvalue weighted by atomic mass is 79.9. The molecule has 2 heterocycles. The zero-order valence-corrected chi connectivity index (χ0v) is 12.1. The molecule has 0 amide bonds. The number of pyridine rings is 1. The van der Waals surface area contributed by atoms with E-state index in [4.69, 9.17) is 4.74 Å². The Morgan fingerprint density at radius 2 is 2.16 bits per heavy atom. The quantitative estimate of drug-likeness (QED) is 0.613. The summed E-state index contributed by atoms with van der Waals surface area (Å²) in [4.78, 5) is 16.7. The van der Waals surface area contributed by atoms with Crippen LogP contribution in [-0.2, 0) is 0 Å². The van der Waals surface area contributed by atoms with Gasteiger partial charge in [-0.05, 0) is 41.9 Å². The third kappa shape index (κ3) is 4.14. The minimum Gasteiger partial charge on any atom is -0.471 e. The van der Waals surface area contributed by atoms with Crippen LogP contribution in [0.25, 0.3) is 0 Å². The fourth-order valence-corrected chi connectivity index (χ4v) is 2.43. The molecule has 19 heavy (non-hydrogen) atoms. The molecule has 2 rings (SSSR count). The highest BCUT2D eigenvalue weighted by Crippen LogP contribution is 2.27. The molecule has 1 saturated heterocycles. The van der Waals surface area contributed by atoms with E-state index in [1.807, 2.05) is 0 Å². The molecule has 0 bridgehead atoms. The first-order valence-corrected chi connectivity index (χ1v) is 7.11. The van der Waals surface area contributed by atoms with Crippen LogP contribution in [0.3, 0.4) is 0 Å². The van der Waals surface area contributed by atoms with Crippen LogP contribution in [0.1, 0.15) is 19.3 Å². The predicted octanol–water partition coefficient (Wildman–Crippen LogP) is 2.62. The van der Waals surface area contributed by atoms with E-state index in [0.29, 0.717) is 11.1 Å². The molecule has 0 aliphatic carbocycles. The van der Waals surface area contributed by atoms with Crippen LogP contribution in [0.15, 0.2) is 16.7 Å². The minimum absolute atomic E-state index is 0.0882. The lowest BCUT2D eigenvalue weighted by Crippen LogP contribution is -2.33. The molecule has 0 N–H and O–H groups in total. The highest BCUT2D eigenvalue weighted by Gasteiger charge is 2.18. The number of nitro groups is 1. The molecule has 0 spiro atoms. The molecule has 1 aliphatic rings. The van der Waals surface area contributed by atoms with Gasteiger partial charge in [-0.15, -0.1) is 0 Å². The summed E-state index contributed by atoms with van der Waals surface area (Å²) in [5.41, 5.74) is -0.104. The first-order valence-electron chi connectivity index (χ1n) is 6.32. The Hall–Kier alpha value is -1.21. The molecule has 0 unspecified atom stereocenters. The van der Waals surface area contributed by atoms with E-state index < -0.39 is 4.92 Å². The monoisotopic (exact) mass is 329 g/mol. The van der Waals surface area contributed by atoms with E-state index in [2.05, 4.69) is 25.8 Å². The van der Waals surface area contributed by atoms with Gasteiger partial charge in [0.05, 0.1) is 4.92 Å². The van der Waals surface area contributed by atoms with Gasteiger partial charge in [0, 0.05) is 23.3 Å². The summed E-state index contributed by atoms with van der Waals surface area (Å²) in [5, 5.41) is 10.9. The summed E-state index contributed by atoms with van der Waals surface area (Å²) in [6.45, 7) is 3.38. The lowest BCUT2D eigenvalue weighted by atomic mass is 10.1. The van der Waals surface area contributed by atoms with E-state index in [0.717, 1.165) is 19.6 Å². The second-order valence-electron chi connectivity index (χ2n) is 4.49. The maximum Gasteiger partial charge on any atom is 0.332 e. The number of likely N-dealkylation sites (tertiary alicyclic amines) is 1. The Bertz CT molecular complexity index is 450. The van der Waals surface area contributed by atoms with Gasteiger partial charge in [0.1, 0.15) is 6.61 Å². The SMILES string of the molecule is O=[N+]([O-])c1cc(Br)cnc1OCCN1CCCCC1. The van der Waals surface area contributed by atoms with Gasteiger partial charge in [-0.2, -0.15) is 0 Å². The Morgan fingerprint density at radius 1 is 1.42 bits per heavy atom. The zero-order chi connectivity index (χ0) is 13.7. The average Bonchev–Trinajstić information content (AvgIpc) is 2.41. The summed E-state index contributed by atoms with van der Waals surface area (Å²) in [6.07, 6.45) is 5.23. The van der Waals surface area contributed by atoms with Gasteiger partial charge in [-0.1, -0.05) is 6.42 Å². The fraction of sp³-hybridized carbons (Fsp3) is 0.583. The molecule has 1 aromatic rings. The van der Waals surface area contributed by atoms with Gasteiger partial charge in [0.2, 0.25) is 0 Å². The molecule has 0 radical (unpaired) electrons. The average molecular weight is 330 g/mol. The van der Waals surface area contributed by atoms with Crippen molar-refractivity contribution in [1.29, 1.82) is 0 Å². The third-order valence-corrected chi connectivity index (χ3v) is 3.52. The van der Waals surface area contributed by atoms with Crippen LogP contribution in [0, 0.1) is 10.1 Å². The van der Waals surface area contributed by atoms with E-state index in [1.165, 1.54) is 31.5 Å². The molecule has 1 aliphatic heterocycles. The third-order valence-electron chi connectivity index (χ3n) is 3.09. The van der Waals surface area contributed by atoms with Crippen molar-refractivity contribution in [3.05, 3.63) is 26.9 Å². The van der Waals surface area contributed by atoms with Gasteiger partial charge in [-0.3, -0.25) is 15.0 Å². The predicted molar refractivity (Wildman–Crippen MR) is 74.4 cm³/mol. The second-order valence-corrected chi connectivity index (χ2v) is 5.40. The number of aromatic nitrogens is 1. The van der Waals surface area contributed by atoms with Crippen LogP contribution < -0.4 is 4.74 Å². The van der Waals surface area contributed by atoms with Gasteiger partial charge >= 0.3 is 5.69 Å². The molecule has 0 aromatic carbocycles. The van der Waals surface area contributed by atoms with Crippen LogP contribution in [0.4, 0.5) is 5.69 Å². The molecular formula is C12H16BrN3O3. The lowest BCUT2D eigenvalue weighted by molar-refractivity contribution is -0.386. The van der Waals surface area contributed by atoms with E-state index >= 15 is 0 Å². The largest absolute Gasteiger partial charge is 0.471 e. The number of nitrogens with zero attached hydrogens (tertiary/aromatic N) is 3. The zero-order valence-electron chi connectivity index (χ0n) is 10.5. The lowest BCUT2D eigenvalue weighted by Gasteiger charge is -2.25. The van der Waals surface area contributed by atoms with Crippen LogP contribution in [-0.4, -0.2) is 41.0 Å². The number of ether oxygens (including phenoxy) is 1. The molecule has 104 valence electrons. The van der Waals surface area contributed by atoms with Crippen molar-refractivity contribution in [3.63, 3.8) is 0 Å². The summed E-state index contributed by atoms with van der Waals surface area (Å²) in [7, 11) is 0. The number of halogens is 1. The van der Waals surface area contributed by atoms with Crippen molar-refractivity contribution >= 4 is 21.6 Å². The van der Waals surface area contributed by atoms with E-state index in [1.54, 1.807) is 0 Å². The van der Waals surface area contributed by atoms with Gasteiger partial charge in [-0.25, -0.2) is 4.98 Å². The van der Waals surface area contributed by atoms with Crippen molar-refractivity contribution in [1.82, 2.24) is 9.88 Å². The molecule has 0 saturated carbocycles. The highest BCUT2D eigenvalue weighted by molar-refractivity contribution is 9.10. The molecule has 6 nitrogen and oxygen atoms in total. The number of rotatable bonds is 5. The molecule has 1 aromatic heterocycles. The Labute approximate surface area is 120 Å². The summed E-state index contributed by atoms with van der Waals surface area (Å²) in [6, 6.07) is 1.41. The molecule has 7 heteroatoms. The number of piperidine rings is 1. The normalized spacial score (nSPS) is 16.3. The fourth-order valence-electron chi connectivity index (χ4n) is 2.11. The Balaban J connectivity index is 1.89. The van der Waals surface area contributed by atoms with Crippen molar-refractivity contribution < 1.29 is 9.66 Å². The van der Waals surface area contributed by atoms with Gasteiger partial charge < -0.3 is 4.74 Å². The first-order chi connectivity index (χ1) is 9.16. The summed E-state index contributed by atoms with van der Waals surface area (Å²) in [5.74, 6) is 0.0882. The standard InChI is InChI=1S/C12H16BrN3O3/c13-10-8-11(16(17)18)12(14-9-10)19-7-6-15-4-2-1-3-5-15/h8-9H,1-7H2. The van der Waals surface area contributed by atoms with Gasteiger partial charge in [0.15, 0.2) is 0 Å². The molecular weight excluding hydrogens is 314 g/mol. The van der Waals surface area contributed by atoms with E-state index in [9.17, 15) is 10.1 Å². The van der Waals surface area contributed by atoms with Crippen LogP contribution >= 0.6 is 15.9 Å². The number of hydrogen-bond donors (Lipinski definition) is 0. The van der Waals surface area contributed by atoms with Crippen molar-refractivity contribution in [2.45, 2.75) is 19.3 Å². The van der Waals surface area contributed by atoms with Crippen molar-refractivity contribution in [2.75, 3.05) is 26.2 Å². The van der Waals surface area contributed by atoms with Crippen molar-refractivity contribution in [3.8, 4) is 5.88 Å². The van der Waals surface area contributed by atoms with Crippen molar-refractivity contribution in [2.24, 2.45) is 0 Å².